The third-order valence-corrected chi connectivity index (χ3v) is 17.2. The molecule has 1 fully saturated rings. The molecule has 0 aliphatic heterocycles. The number of hydrogen-bond acceptors (Lipinski definition) is 16. The van der Waals surface area contributed by atoms with Gasteiger partial charge in [-0.25, -0.2) is 19.6 Å². The van der Waals surface area contributed by atoms with Crippen molar-refractivity contribution in [1.82, 2.24) is 29.7 Å². The van der Waals surface area contributed by atoms with Crippen LogP contribution in [0.3, 0.4) is 0 Å². The molecule has 10 rings (SSSR count). The molecule has 4 aromatic heterocycles. The van der Waals surface area contributed by atoms with Gasteiger partial charge in [0.15, 0.2) is 11.5 Å². The van der Waals surface area contributed by atoms with Gasteiger partial charge in [-0.2, -0.15) is 34.0 Å². The number of aromatic nitrogens is 4. The van der Waals surface area contributed by atoms with Crippen molar-refractivity contribution >= 4 is 76.2 Å². The Morgan fingerprint density at radius 3 is 1.45 bits per heavy atom. The Balaban J connectivity index is 0.000000224. The predicted octanol–water partition coefficient (Wildman–Crippen LogP) is 11.9. The van der Waals surface area contributed by atoms with Crippen LogP contribution in [0.5, 0.6) is 0 Å². The molecule has 23 nitrogen and oxygen atoms in total. The number of anilines is 2. The molecule has 1 aliphatic rings. The summed E-state index contributed by atoms with van der Waals surface area (Å²) in [4.78, 5) is 99.1. The van der Waals surface area contributed by atoms with Crippen LogP contribution in [-0.4, -0.2) is 106 Å². The number of aliphatic carboxylic acids is 2. The van der Waals surface area contributed by atoms with Gasteiger partial charge in [0.25, 0.3) is 23.4 Å². The minimum absolute atomic E-state index is 0.0270. The number of nitrogens with one attached hydrogen (secondary N) is 2. The van der Waals surface area contributed by atoms with Gasteiger partial charge in [0, 0.05) is 71.6 Å². The standard InChI is InChI=1S/C35H30N6O7S.C35H37N5O5S/c1-49-17-16-30(35(44)45)38-33(42)32-15-14-31(48-32)25-6-10-27(11-7-25)40(34(43)26-8-12-28(13-9-26)41(46)47)21-29-19-37-22-39(29)20-24-4-2-23(18-36)3-5-24;1-46-18-17-30(35(43)44)38-33(41)32-16-15-31(45-32)26-11-13-28(14-12-26)40(34(42)27-5-3-2-4-6-27)22-29-20-37-23-39(29)21-25-9-7-24(19-36)8-10-25/h2-15,19,22,30H,16-17,20-21H2,1H3,(H,38,42)(H,44,45);7-16,20,23,27,30H,2-6,17-18,21-22H2,1H3,(H,38,41)(H,43,44). The van der Waals surface area contributed by atoms with Gasteiger partial charge in [-0.05, 0) is 170 Å². The zero-order valence-corrected chi connectivity index (χ0v) is 53.5. The molecule has 5 aromatic carbocycles. The Morgan fingerprint density at radius 1 is 0.611 bits per heavy atom. The fourth-order valence-electron chi connectivity index (χ4n) is 10.6. The molecule has 1 aliphatic carbocycles. The number of amides is 4. The van der Waals surface area contributed by atoms with Gasteiger partial charge in [0.05, 0.1) is 65.3 Å². The second-order valence-corrected chi connectivity index (χ2v) is 24.3. The zero-order chi connectivity index (χ0) is 67.4. The molecule has 2 atom stereocenters. The van der Waals surface area contributed by atoms with E-state index in [1.165, 1.54) is 64.8 Å². The van der Waals surface area contributed by atoms with Crippen molar-refractivity contribution < 1.29 is 52.7 Å². The van der Waals surface area contributed by atoms with Gasteiger partial charge in [-0.1, -0.05) is 43.5 Å². The summed E-state index contributed by atoms with van der Waals surface area (Å²) in [7, 11) is 0. The Bertz CT molecular complexity index is 4220. The SMILES string of the molecule is CSCCC(NC(=O)c1ccc(-c2ccc(N(Cc3cncn3Cc3ccc(C#N)cc3)C(=O)C3CCCCC3)cc2)o1)C(=O)O.CSCCC(NC(=O)c1ccc(-c2ccc(N(Cc3cncn3Cc3ccc(C#N)cc3)C(=O)c3ccc([N+](=O)[O-])cc3)cc2)o1)C(=O)O. The highest BCUT2D eigenvalue weighted by molar-refractivity contribution is 7.98. The maximum atomic E-state index is 14.0. The first-order valence-electron chi connectivity index (χ1n) is 30.3. The number of carbonyl (C=O) groups is 6. The fraction of sp³-hybridized carbons (Fsp3) is 0.257. The van der Waals surface area contributed by atoms with Crippen molar-refractivity contribution in [2.75, 3.05) is 33.8 Å². The highest BCUT2D eigenvalue weighted by Gasteiger charge is 2.30. The average Bonchev–Trinajstić information content (AvgIpc) is 1.82. The van der Waals surface area contributed by atoms with Crippen molar-refractivity contribution in [3.63, 3.8) is 0 Å². The third-order valence-electron chi connectivity index (χ3n) is 15.9. The first kappa shape index (κ1) is 68.3. The number of furan rings is 2. The van der Waals surface area contributed by atoms with E-state index in [0.29, 0.717) is 77.2 Å². The number of carbonyl (C=O) groups excluding carboxylic acids is 4. The summed E-state index contributed by atoms with van der Waals surface area (Å²) >= 11 is 2.99. The van der Waals surface area contributed by atoms with Crippen LogP contribution in [0.1, 0.15) is 110 Å². The Morgan fingerprint density at radius 2 is 1.04 bits per heavy atom. The molecule has 0 saturated heterocycles. The van der Waals surface area contributed by atoms with E-state index in [2.05, 4.69) is 32.7 Å². The molecule has 2 unspecified atom stereocenters. The van der Waals surface area contributed by atoms with E-state index in [9.17, 15) is 49.1 Å². The lowest BCUT2D eigenvalue weighted by Gasteiger charge is -2.30. The Labute approximate surface area is 555 Å². The summed E-state index contributed by atoms with van der Waals surface area (Å²) in [5.74, 6) is -1.83. The number of nitrogens with zero attached hydrogens (tertiary/aromatic N) is 9. The molecule has 486 valence electrons. The number of nitro benzene ring substituents is 1. The maximum absolute atomic E-state index is 14.0. The van der Waals surface area contributed by atoms with Crippen LogP contribution < -0.4 is 20.4 Å². The fourth-order valence-corrected chi connectivity index (χ4v) is 11.6. The van der Waals surface area contributed by atoms with Crippen LogP contribution in [0, 0.1) is 38.7 Å². The van der Waals surface area contributed by atoms with Crippen LogP contribution in [-0.2, 0) is 40.6 Å². The van der Waals surface area contributed by atoms with Crippen LogP contribution in [0.25, 0.3) is 22.6 Å². The molecule has 4 heterocycles. The monoisotopic (exact) mass is 1320 g/mol. The molecule has 4 amide bonds. The molecular weight excluding hydrogens is 1250 g/mol. The zero-order valence-electron chi connectivity index (χ0n) is 51.9. The second kappa shape index (κ2) is 33.0. The topological polar surface area (TPSA) is 326 Å². The predicted molar refractivity (Wildman–Crippen MR) is 358 cm³/mol. The van der Waals surface area contributed by atoms with Gasteiger partial charge < -0.3 is 48.6 Å². The molecule has 95 heavy (non-hydrogen) atoms. The van der Waals surface area contributed by atoms with E-state index in [-0.39, 0.29) is 47.6 Å². The summed E-state index contributed by atoms with van der Waals surface area (Å²) < 4.78 is 15.5. The molecule has 0 spiro atoms. The molecule has 0 bridgehead atoms. The molecule has 25 heteroatoms. The first-order valence-corrected chi connectivity index (χ1v) is 33.1. The Kier molecular flexibility index (Phi) is 23.7. The van der Waals surface area contributed by atoms with Crippen molar-refractivity contribution in [2.45, 2.75) is 83.2 Å². The number of rotatable bonds is 27. The molecule has 9 aromatic rings. The summed E-state index contributed by atoms with van der Waals surface area (Å²) in [5.41, 5.74) is 7.38. The van der Waals surface area contributed by atoms with Crippen molar-refractivity contribution in [3.8, 4) is 34.8 Å². The van der Waals surface area contributed by atoms with Gasteiger partial charge in [0.2, 0.25) is 5.91 Å². The minimum atomic E-state index is -1.13. The van der Waals surface area contributed by atoms with Gasteiger partial charge in [-0.3, -0.25) is 29.3 Å². The number of non-ortho nitro benzene ring substituents is 1. The van der Waals surface area contributed by atoms with Crippen molar-refractivity contribution in [2.24, 2.45) is 5.92 Å². The van der Waals surface area contributed by atoms with E-state index in [4.69, 9.17) is 19.4 Å². The van der Waals surface area contributed by atoms with E-state index in [0.717, 1.165) is 60.2 Å². The van der Waals surface area contributed by atoms with Crippen LogP contribution >= 0.6 is 23.5 Å². The highest BCUT2D eigenvalue weighted by atomic mass is 32.2. The normalized spacial score (nSPS) is 12.6. The summed E-state index contributed by atoms with van der Waals surface area (Å²) in [5, 5.41) is 53.4. The number of nitro groups is 1. The molecular formula is C70H67N11O12S2. The summed E-state index contributed by atoms with van der Waals surface area (Å²) in [6, 6.07) is 42.7. The largest absolute Gasteiger partial charge is 0.480 e. The Hall–Kier alpha value is -11.0. The molecule has 4 N–H and O–H groups in total. The highest BCUT2D eigenvalue weighted by Crippen LogP contribution is 2.33. The number of hydrogen-bond donors (Lipinski definition) is 4. The van der Waals surface area contributed by atoms with E-state index in [1.54, 1.807) is 85.7 Å². The number of carboxylic acids is 2. The number of imidazole rings is 2. The lowest BCUT2D eigenvalue weighted by molar-refractivity contribution is -0.384. The van der Waals surface area contributed by atoms with E-state index in [1.807, 2.05) is 75.1 Å². The van der Waals surface area contributed by atoms with Gasteiger partial charge >= 0.3 is 11.9 Å². The summed E-state index contributed by atoms with van der Waals surface area (Å²) in [6.45, 7) is 1.46. The number of nitriles is 2. The molecule has 0 radical (unpaired) electrons. The lowest BCUT2D eigenvalue weighted by atomic mass is 9.88. The van der Waals surface area contributed by atoms with Crippen molar-refractivity contribution in [1.29, 1.82) is 10.5 Å². The second-order valence-electron chi connectivity index (χ2n) is 22.3. The quantitative estimate of drug-likeness (QED) is 0.0274. The summed E-state index contributed by atoms with van der Waals surface area (Å²) in [6.07, 6.45) is 16.1. The molecule has 1 saturated carbocycles. The van der Waals surface area contributed by atoms with Crippen molar-refractivity contribution in [3.05, 3.63) is 231 Å². The van der Waals surface area contributed by atoms with Crippen LogP contribution in [0.4, 0.5) is 17.1 Å². The van der Waals surface area contributed by atoms with Crippen LogP contribution in [0.2, 0.25) is 0 Å². The third kappa shape index (κ3) is 18.2. The first-order chi connectivity index (χ1) is 46.0. The average molecular weight is 1320 g/mol. The lowest BCUT2D eigenvalue weighted by Crippen LogP contribution is -2.41. The minimum Gasteiger partial charge on any atom is -0.480 e. The van der Waals surface area contributed by atoms with Gasteiger partial charge in [0.1, 0.15) is 23.6 Å². The smallest absolute Gasteiger partial charge is 0.326 e. The number of thioether (sulfide) groups is 2. The van der Waals surface area contributed by atoms with Gasteiger partial charge in [-0.15, -0.1) is 0 Å². The maximum Gasteiger partial charge on any atom is 0.326 e. The van der Waals surface area contributed by atoms with E-state index < -0.39 is 46.7 Å². The van der Waals surface area contributed by atoms with E-state index >= 15 is 0 Å². The number of benzene rings is 5. The van der Waals surface area contributed by atoms with Crippen LogP contribution in [0.15, 0.2) is 179 Å². The number of carboxylic acid groups (broad SMARTS) is 2.